The van der Waals surface area contributed by atoms with E-state index in [1.165, 1.54) is 64.2 Å². The Bertz CT molecular complexity index is 597. The van der Waals surface area contributed by atoms with Crippen molar-refractivity contribution in [2.75, 3.05) is 13.2 Å². The van der Waals surface area contributed by atoms with E-state index >= 15 is 0 Å². The van der Waals surface area contributed by atoms with E-state index in [4.69, 9.17) is 9.47 Å². The first-order chi connectivity index (χ1) is 14.8. The van der Waals surface area contributed by atoms with Crippen molar-refractivity contribution in [3.8, 4) is 0 Å². The summed E-state index contributed by atoms with van der Waals surface area (Å²) in [4.78, 5) is 0. The van der Waals surface area contributed by atoms with Crippen molar-refractivity contribution in [2.45, 2.75) is 105 Å². The summed E-state index contributed by atoms with van der Waals surface area (Å²) < 4.78 is 20.1. The van der Waals surface area contributed by atoms with E-state index in [1.54, 1.807) is 0 Å². The second-order valence-electron chi connectivity index (χ2n) is 8.23. The first-order valence-electron chi connectivity index (χ1n) is 12.1. The molecule has 0 bridgehead atoms. The molecule has 6 heteroatoms. The smallest absolute Gasteiger partial charge is 0.245 e. The van der Waals surface area contributed by atoms with Crippen molar-refractivity contribution < 1.29 is 18.6 Å². The molecule has 2 aromatic heterocycles. The number of ether oxygens (including phenoxy) is 2. The Hall–Kier alpha value is -1.66. The van der Waals surface area contributed by atoms with E-state index in [9.17, 15) is 0 Å². The largest absolute Gasteiger partial charge is 0.339 e. The lowest BCUT2D eigenvalue weighted by Gasteiger charge is -2.02. The number of hydrogen-bond donors (Lipinski definition) is 0. The number of aromatic nitrogens is 4. The summed E-state index contributed by atoms with van der Waals surface area (Å²) in [6.45, 7) is 9.06. The monoisotopic (exact) mass is 420 g/mol. The first kappa shape index (κ1) is 24.6. The Morgan fingerprint density at radius 3 is 1.47 bits per heavy atom. The fraction of sp³-hybridized carbons (Fsp3) is 0.750. The van der Waals surface area contributed by atoms with Crippen LogP contribution >= 0.6 is 0 Å². The van der Waals surface area contributed by atoms with Crippen LogP contribution in [0.15, 0.2) is 37.4 Å². The van der Waals surface area contributed by atoms with Gasteiger partial charge >= 0.3 is 0 Å². The van der Waals surface area contributed by atoms with Crippen LogP contribution in [0.1, 0.15) is 78.1 Å². The fourth-order valence-corrected chi connectivity index (χ4v) is 3.55. The van der Waals surface area contributed by atoms with Crippen molar-refractivity contribution >= 4 is 0 Å². The zero-order valence-corrected chi connectivity index (χ0v) is 19.4. The molecule has 170 valence electrons. The Morgan fingerprint density at radius 2 is 1.03 bits per heavy atom. The van der Waals surface area contributed by atoms with Gasteiger partial charge < -0.3 is 9.47 Å². The average Bonchev–Trinajstić information content (AvgIpc) is 3.40. The molecule has 6 nitrogen and oxygen atoms in total. The standard InChI is InChI=1S/C24H44N4O2/c1-3-5-7-9-11-13-25-15-17-27(21-25)23-29-19-20-30-24-28-18-16-26(22-28)14-12-10-8-6-4-2/h15-18,21-22H,3-14,19-20,23-24H2,1-2H3/q+2. The highest BCUT2D eigenvalue weighted by atomic mass is 16.5. The molecule has 0 atom stereocenters. The highest BCUT2D eigenvalue weighted by molar-refractivity contribution is 4.66. The summed E-state index contributed by atoms with van der Waals surface area (Å²) in [5.41, 5.74) is 0. The molecule has 0 saturated heterocycles. The SMILES string of the molecule is CCCCCCCn1cc[n+](COCCOC[n+]2ccn(CCCCCCC)c2)c1. The molecule has 0 spiro atoms. The summed E-state index contributed by atoms with van der Waals surface area (Å²) in [7, 11) is 0. The molecule has 2 heterocycles. The van der Waals surface area contributed by atoms with E-state index < -0.39 is 0 Å². The molecule has 0 saturated carbocycles. The van der Waals surface area contributed by atoms with Gasteiger partial charge in [0.25, 0.3) is 0 Å². The minimum atomic E-state index is 0.577. The van der Waals surface area contributed by atoms with E-state index in [0.29, 0.717) is 26.7 Å². The number of unbranched alkanes of at least 4 members (excludes halogenated alkanes) is 8. The lowest BCUT2D eigenvalue weighted by atomic mass is 10.1. The fourth-order valence-electron chi connectivity index (χ4n) is 3.55. The third kappa shape index (κ3) is 10.9. The van der Waals surface area contributed by atoms with Crippen LogP contribution < -0.4 is 9.13 Å². The molecule has 0 aliphatic rings. The van der Waals surface area contributed by atoms with E-state index in [2.05, 4.69) is 69.6 Å². The Balaban J connectivity index is 1.47. The van der Waals surface area contributed by atoms with Gasteiger partial charge in [-0.25, -0.2) is 18.3 Å². The van der Waals surface area contributed by atoms with Crippen LogP contribution in [0.3, 0.4) is 0 Å². The maximum Gasteiger partial charge on any atom is 0.245 e. The summed E-state index contributed by atoms with van der Waals surface area (Å²) in [5.74, 6) is 0. The van der Waals surface area contributed by atoms with Gasteiger partial charge in [0.05, 0.1) is 26.3 Å². The van der Waals surface area contributed by atoms with Crippen molar-refractivity contribution in [1.82, 2.24) is 9.13 Å². The maximum atomic E-state index is 5.73. The molecule has 0 aliphatic heterocycles. The normalized spacial score (nSPS) is 11.4. The number of imidazole rings is 2. The van der Waals surface area contributed by atoms with Gasteiger partial charge in [-0.2, -0.15) is 0 Å². The highest BCUT2D eigenvalue weighted by Crippen LogP contribution is 2.04. The topological polar surface area (TPSA) is 36.1 Å². The van der Waals surface area contributed by atoms with Crippen molar-refractivity contribution in [1.29, 1.82) is 0 Å². The number of nitrogens with zero attached hydrogens (tertiary/aromatic N) is 4. The zero-order chi connectivity index (χ0) is 21.3. The molecular formula is C24H44N4O2+2. The van der Waals surface area contributed by atoms with Crippen LogP contribution in [-0.4, -0.2) is 22.3 Å². The van der Waals surface area contributed by atoms with Gasteiger partial charge in [0.15, 0.2) is 13.5 Å². The zero-order valence-electron chi connectivity index (χ0n) is 19.4. The Labute approximate surface area is 183 Å². The van der Waals surface area contributed by atoms with E-state index in [-0.39, 0.29) is 0 Å². The van der Waals surface area contributed by atoms with Crippen LogP contribution in [0.25, 0.3) is 0 Å². The van der Waals surface area contributed by atoms with Gasteiger partial charge in [0.1, 0.15) is 24.8 Å². The van der Waals surface area contributed by atoms with Crippen LogP contribution in [0.2, 0.25) is 0 Å². The molecule has 0 N–H and O–H groups in total. The molecule has 0 fully saturated rings. The molecule has 0 unspecified atom stereocenters. The first-order valence-corrected chi connectivity index (χ1v) is 12.1. The predicted molar refractivity (Wildman–Crippen MR) is 119 cm³/mol. The summed E-state index contributed by atoms with van der Waals surface area (Å²) >= 11 is 0. The number of rotatable bonds is 19. The minimum Gasteiger partial charge on any atom is -0.339 e. The van der Waals surface area contributed by atoms with E-state index in [1.807, 2.05) is 0 Å². The third-order valence-electron chi connectivity index (χ3n) is 5.38. The van der Waals surface area contributed by atoms with E-state index in [0.717, 1.165) is 13.1 Å². The lowest BCUT2D eigenvalue weighted by molar-refractivity contribution is -0.737. The number of hydrogen-bond acceptors (Lipinski definition) is 2. The average molecular weight is 421 g/mol. The predicted octanol–water partition coefficient (Wildman–Crippen LogP) is 4.45. The summed E-state index contributed by atoms with van der Waals surface area (Å²) in [6, 6.07) is 0. The van der Waals surface area contributed by atoms with Crippen LogP contribution in [0, 0.1) is 0 Å². The third-order valence-corrected chi connectivity index (χ3v) is 5.38. The van der Waals surface area contributed by atoms with Gasteiger partial charge in [0, 0.05) is 0 Å². The lowest BCUT2D eigenvalue weighted by Crippen LogP contribution is -2.35. The highest BCUT2D eigenvalue weighted by Gasteiger charge is 2.05. The van der Waals surface area contributed by atoms with Gasteiger partial charge in [-0.15, -0.1) is 0 Å². The second-order valence-corrected chi connectivity index (χ2v) is 8.23. The van der Waals surface area contributed by atoms with Crippen LogP contribution in [0.4, 0.5) is 0 Å². The molecule has 2 rings (SSSR count). The van der Waals surface area contributed by atoms with Gasteiger partial charge in [-0.05, 0) is 25.7 Å². The van der Waals surface area contributed by atoms with Gasteiger partial charge in [-0.1, -0.05) is 52.4 Å². The minimum absolute atomic E-state index is 0.577. The van der Waals surface area contributed by atoms with Crippen molar-refractivity contribution in [3.05, 3.63) is 37.4 Å². The molecular weight excluding hydrogens is 376 g/mol. The summed E-state index contributed by atoms with van der Waals surface area (Å²) in [6.07, 6.45) is 25.8. The van der Waals surface area contributed by atoms with Crippen molar-refractivity contribution in [3.63, 3.8) is 0 Å². The molecule has 30 heavy (non-hydrogen) atoms. The molecule has 0 aliphatic carbocycles. The quantitative estimate of drug-likeness (QED) is 0.249. The van der Waals surface area contributed by atoms with Crippen LogP contribution in [0.5, 0.6) is 0 Å². The van der Waals surface area contributed by atoms with Gasteiger partial charge in [0.2, 0.25) is 12.7 Å². The summed E-state index contributed by atoms with van der Waals surface area (Å²) in [5, 5.41) is 0. The molecule has 2 aromatic rings. The Morgan fingerprint density at radius 1 is 0.600 bits per heavy atom. The molecule has 0 amide bonds. The Kier molecular flexibility index (Phi) is 13.2. The second kappa shape index (κ2) is 16.1. The molecule has 0 radical (unpaired) electrons. The molecule has 0 aromatic carbocycles. The number of aryl methyl sites for hydroxylation is 2. The van der Waals surface area contributed by atoms with Crippen molar-refractivity contribution in [2.24, 2.45) is 0 Å². The maximum absolute atomic E-state index is 5.73. The van der Waals surface area contributed by atoms with Gasteiger partial charge in [-0.3, -0.25) is 0 Å². The van der Waals surface area contributed by atoms with Crippen LogP contribution in [-0.2, 0) is 36.0 Å².